The van der Waals surface area contributed by atoms with Crippen molar-refractivity contribution < 1.29 is 22.7 Å². The molecule has 0 unspecified atom stereocenters. The topological polar surface area (TPSA) is 84.9 Å². The molecule has 174 valence electrons. The number of benzene rings is 3. The second-order valence-electron chi connectivity index (χ2n) is 6.97. The van der Waals surface area contributed by atoms with E-state index in [1.165, 1.54) is 16.4 Å². The number of nitrogens with one attached hydrogen (secondary N) is 1. The van der Waals surface area contributed by atoms with Crippen LogP contribution in [0.15, 0.2) is 82.2 Å². The number of para-hydroxylation sites is 1. The highest BCUT2D eigenvalue weighted by Gasteiger charge is 2.23. The van der Waals surface area contributed by atoms with E-state index in [9.17, 15) is 13.2 Å². The van der Waals surface area contributed by atoms with Crippen LogP contribution in [0, 0.1) is 0 Å². The number of rotatable bonds is 10. The van der Waals surface area contributed by atoms with Crippen LogP contribution in [0.1, 0.15) is 17.3 Å². The third-order valence-electron chi connectivity index (χ3n) is 4.77. The number of anilines is 2. The smallest absolute Gasteiger partial charge is 0.264 e. The summed E-state index contributed by atoms with van der Waals surface area (Å²) in [6, 6.07) is 20.1. The van der Waals surface area contributed by atoms with Crippen molar-refractivity contribution in [2.24, 2.45) is 0 Å². The average Bonchev–Trinajstić information content (AvgIpc) is 2.81. The van der Waals surface area contributed by atoms with E-state index in [-0.39, 0.29) is 10.8 Å². The van der Waals surface area contributed by atoms with Crippen molar-refractivity contribution in [2.45, 2.75) is 11.8 Å². The first-order valence-corrected chi connectivity index (χ1v) is 12.5. The van der Waals surface area contributed by atoms with Gasteiger partial charge in [0.15, 0.2) is 0 Å². The van der Waals surface area contributed by atoms with E-state index in [0.717, 1.165) is 0 Å². The van der Waals surface area contributed by atoms with Gasteiger partial charge in [0.25, 0.3) is 15.9 Å². The second kappa shape index (κ2) is 11.3. The van der Waals surface area contributed by atoms with Gasteiger partial charge in [-0.2, -0.15) is 0 Å². The van der Waals surface area contributed by atoms with E-state index < -0.39 is 10.0 Å². The van der Waals surface area contributed by atoms with Crippen molar-refractivity contribution in [3.8, 4) is 5.75 Å². The Morgan fingerprint density at radius 1 is 1.00 bits per heavy atom. The number of ether oxygens (including phenoxy) is 2. The predicted octanol–water partition coefficient (Wildman–Crippen LogP) is 4.94. The van der Waals surface area contributed by atoms with Crippen molar-refractivity contribution >= 4 is 43.2 Å². The van der Waals surface area contributed by atoms with E-state index in [2.05, 4.69) is 21.2 Å². The number of carbonyl (C=O) groups excluding carboxylic acids is 1. The summed E-state index contributed by atoms with van der Waals surface area (Å²) in [6.45, 7) is 2.94. The first kappa shape index (κ1) is 24.8. The van der Waals surface area contributed by atoms with Crippen LogP contribution in [-0.2, 0) is 14.8 Å². The number of carbonyl (C=O) groups is 1. The fourth-order valence-corrected chi connectivity index (χ4v) is 5.09. The van der Waals surface area contributed by atoms with Gasteiger partial charge in [0.2, 0.25) is 0 Å². The molecule has 1 amide bonds. The first-order chi connectivity index (χ1) is 15.9. The summed E-state index contributed by atoms with van der Waals surface area (Å²) in [6.07, 6.45) is 0. The van der Waals surface area contributed by atoms with E-state index in [0.29, 0.717) is 46.9 Å². The Morgan fingerprint density at radius 3 is 2.30 bits per heavy atom. The molecule has 0 saturated carbocycles. The minimum absolute atomic E-state index is 0.145. The van der Waals surface area contributed by atoms with Crippen LogP contribution in [0.4, 0.5) is 11.4 Å². The standard InChI is InChI=1S/C24H25BrN2O5S/c1-3-27(20-7-5-4-6-8-20)33(29,30)21-12-10-19(11-13-21)26-24(28)18-9-14-23(22(25)17-18)32-16-15-31-2/h4-14,17H,3,15-16H2,1-2H3,(H,26,28). The largest absolute Gasteiger partial charge is 0.490 e. The monoisotopic (exact) mass is 532 g/mol. The number of nitrogens with zero attached hydrogens (tertiary/aromatic N) is 1. The highest BCUT2D eigenvalue weighted by molar-refractivity contribution is 9.10. The summed E-state index contributed by atoms with van der Waals surface area (Å²) < 4.78 is 38.7. The maximum atomic E-state index is 13.1. The third-order valence-corrected chi connectivity index (χ3v) is 7.31. The van der Waals surface area contributed by atoms with Gasteiger partial charge >= 0.3 is 0 Å². The van der Waals surface area contributed by atoms with Crippen LogP contribution in [0.25, 0.3) is 0 Å². The number of amides is 1. The van der Waals surface area contributed by atoms with Crippen LogP contribution in [0.5, 0.6) is 5.75 Å². The van der Waals surface area contributed by atoms with Crippen LogP contribution in [0.2, 0.25) is 0 Å². The Hall–Kier alpha value is -2.88. The van der Waals surface area contributed by atoms with Crippen molar-refractivity contribution in [1.82, 2.24) is 0 Å². The molecule has 0 aliphatic heterocycles. The van der Waals surface area contributed by atoms with Crippen LogP contribution >= 0.6 is 15.9 Å². The summed E-state index contributed by atoms with van der Waals surface area (Å²) in [5.74, 6) is 0.284. The Morgan fingerprint density at radius 2 is 1.70 bits per heavy atom. The fourth-order valence-electron chi connectivity index (χ4n) is 3.12. The van der Waals surface area contributed by atoms with E-state index >= 15 is 0 Å². The molecule has 0 saturated heterocycles. The molecule has 1 N–H and O–H groups in total. The van der Waals surface area contributed by atoms with Crippen molar-refractivity contribution in [3.05, 3.63) is 82.8 Å². The van der Waals surface area contributed by atoms with Gasteiger partial charge in [0.05, 0.1) is 21.7 Å². The zero-order chi connectivity index (χ0) is 23.8. The third kappa shape index (κ3) is 6.13. The molecule has 0 fully saturated rings. The lowest BCUT2D eigenvalue weighted by Crippen LogP contribution is -2.30. The SMILES string of the molecule is CCN(c1ccccc1)S(=O)(=O)c1ccc(NC(=O)c2ccc(OCCOC)c(Br)c2)cc1. The number of sulfonamides is 1. The number of hydrogen-bond acceptors (Lipinski definition) is 5. The lowest BCUT2D eigenvalue weighted by Gasteiger charge is -2.23. The molecule has 0 radical (unpaired) electrons. The van der Waals surface area contributed by atoms with Crippen LogP contribution < -0.4 is 14.4 Å². The summed E-state index contributed by atoms with van der Waals surface area (Å²) in [4.78, 5) is 12.8. The zero-order valence-electron chi connectivity index (χ0n) is 18.3. The average molecular weight is 533 g/mol. The minimum atomic E-state index is -3.73. The molecule has 3 aromatic carbocycles. The van der Waals surface area contributed by atoms with E-state index in [4.69, 9.17) is 9.47 Å². The number of methoxy groups -OCH3 is 1. The Labute approximate surface area is 202 Å². The van der Waals surface area contributed by atoms with Gasteiger partial charge < -0.3 is 14.8 Å². The summed E-state index contributed by atoms with van der Waals surface area (Å²) in [5, 5.41) is 2.78. The van der Waals surface area contributed by atoms with Crippen molar-refractivity contribution in [3.63, 3.8) is 0 Å². The molecule has 3 rings (SSSR count). The molecular formula is C24H25BrN2O5S. The normalized spacial score (nSPS) is 11.1. The molecule has 0 bridgehead atoms. The maximum Gasteiger partial charge on any atom is 0.264 e. The Bertz CT molecular complexity index is 1190. The molecule has 0 aliphatic carbocycles. The molecule has 0 atom stereocenters. The van der Waals surface area contributed by atoms with Gasteiger partial charge in [-0.1, -0.05) is 18.2 Å². The fraction of sp³-hybridized carbons (Fsp3) is 0.208. The quantitative estimate of drug-likeness (QED) is 0.373. The molecule has 7 nitrogen and oxygen atoms in total. The second-order valence-corrected chi connectivity index (χ2v) is 9.69. The van der Waals surface area contributed by atoms with E-state index in [1.54, 1.807) is 68.6 Å². The number of hydrogen-bond donors (Lipinski definition) is 1. The van der Waals surface area contributed by atoms with Crippen molar-refractivity contribution in [2.75, 3.05) is 36.5 Å². The molecule has 0 aliphatic rings. The van der Waals surface area contributed by atoms with Crippen molar-refractivity contribution in [1.29, 1.82) is 0 Å². The van der Waals surface area contributed by atoms with Gasteiger partial charge in [0, 0.05) is 24.9 Å². The maximum absolute atomic E-state index is 13.1. The van der Waals surface area contributed by atoms with Gasteiger partial charge in [-0.3, -0.25) is 9.10 Å². The molecule has 0 aromatic heterocycles. The van der Waals surface area contributed by atoms with Crippen LogP contribution in [-0.4, -0.2) is 41.2 Å². The Balaban J connectivity index is 1.71. The Kier molecular flexibility index (Phi) is 8.49. The minimum Gasteiger partial charge on any atom is -0.490 e. The highest BCUT2D eigenvalue weighted by atomic mass is 79.9. The van der Waals surface area contributed by atoms with E-state index in [1.807, 2.05) is 6.07 Å². The molecule has 33 heavy (non-hydrogen) atoms. The zero-order valence-corrected chi connectivity index (χ0v) is 20.7. The lowest BCUT2D eigenvalue weighted by molar-refractivity contribution is 0.102. The first-order valence-electron chi connectivity index (χ1n) is 10.3. The van der Waals surface area contributed by atoms with Gasteiger partial charge in [-0.25, -0.2) is 8.42 Å². The molecular weight excluding hydrogens is 508 g/mol. The molecule has 0 spiro atoms. The van der Waals surface area contributed by atoms with Gasteiger partial charge in [-0.05, 0) is 77.5 Å². The molecule has 0 heterocycles. The van der Waals surface area contributed by atoms with Crippen LogP contribution in [0.3, 0.4) is 0 Å². The summed E-state index contributed by atoms with van der Waals surface area (Å²) in [7, 11) is -2.14. The van der Waals surface area contributed by atoms with Gasteiger partial charge in [0.1, 0.15) is 12.4 Å². The lowest BCUT2D eigenvalue weighted by atomic mass is 10.2. The molecule has 3 aromatic rings. The summed E-state index contributed by atoms with van der Waals surface area (Å²) in [5.41, 5.74) is 1.51. The van der Waals surface area contributed by atoms with Gasteiger partial charge in [-0.15, -0.1) is 0 Å². The number of halogens is 1. The summed E-state index contributed by atoms with van der Waals surface area (Å²) >= 11 is 3.41. The molecule has 9 heteroatoms. The highest BCUT2D eigenvalue weighted by Crippen LogP contribution is 2.27. The predicted molar refractivity (Wildman–Crippen MR) is 133 cm³/mol.